The van der Waals surface area contributed by atoms with Gasteiger partial charge < -0.3 is 9.47 Å². The molecule has 0 saturated carbocycles. The highest BCUT2D eigenvalue weighted by molar-refractivity contribution is 5.59. The van der Waals surface area contributed by atoms with Gasteiger partial charge in [-0.15, -0.1) is 0 Å². The SMILES string of the molecule is CCC/C=C/COC(=O)OC. The lowest BCUT2D eigenvalue weighted by atomic mass is 10.3. The molecule has 0 aliphatic carbocycles. The van der Waals surface area contributed by atoms with Crippen LogP contribution >= 0.6 is 0 Å². The summed E-state index contributed by atoms with van der Waals surface area (Å²) in [5, 5.41) is 0. The molecule has 0 atom stereocenters. The van der Waals surface area contributed by atoms with Crippen molar-refractivity contribution in [3.63, 3.8) is 0 Å². The predicted octanol–water partition coefficient (Wildman–Crippen LogP) is 2.13. The maximum absolute atomic E-state index is 10.4. The molecule has 0 radical (unpaired) electrons. The van der Waals surface area contributed by atoms with Gasteiger partial charge in [-0.05, 0) is 6.42 Å². The van der Waals surface area contributed by atoms with Gasteiger partial charge in [0.15, 0.2) is 0 Å². The zero-order valence-corrected chi connectivity index (χ0v) is 7.00. The first kappa shape index (κ1) is 10.0. The average Bonchev–Trinajstić information content (AvgIpc) is 2.04. The maximum Gasteiger partial charge on any atom is 0.508 e. The maximum atomic E-state index is 10.4. The van der Waals surface area contributed by atoms with Gasteiger partial charge in [0.1, 0.15) is 6.61 Å². The van der Waals surface area contributed by atoms with Crippen molar-refractivity contribution in [1.29, 1.82) is 0 Å². The van der Waals surface area contributed by atoms with Crippen LogP contribution < -0.4 is 0 Å². The highest BCUT2D eigenvalue weighted by Crippen LogP contribution is 1.89. The van der Waals surface area contributed by atoms with Crippen molar-refractivity contribution in [2.75, 3.05) is 13.7 Å². The van der Waals surface area contributed by atoms with Crippen LogP contribution in [-0.4, -0.2) is 19.9 Å². The van der Waals surface area contributed by atoms with E-state index in [9.17, 15) is 4.79 Å². The summed E-state index contributed by atoms with van der Waals surface area (Å²) in [5.41, 5.74) is 0. The fourth-order valence-electron chi connectivity index (χ4n) is 0.528. The number of carbonyl (C=O) groups excluding carboxylic acids is 1. The van der Waals surface area contributed by atoms with Crippen molar-refractivity contribution in [2.24, 2.45) is 0 Å². The molecule has 0 fully saturated rings. The quantitative estimate of drug-likeness (QED) is 0.464. The van der Waals surface area contributed by atoms with Crippen LogP contribution in [0.5, 0.6) is 0 Å². The summed E-state index contributed by atoms with van der Waals surface area (Å²) in [7, 11) is 1.29. The van der Waals surface area contributed by atoms with E-state index in [1.165, 1.54) is 7.11 Å². The molecule has 0 heterocycles. The first-order chi connectivity index (χ1) is 5.31. The lowest BCUT2D eigenvalue weighted by molar-refractivity contribution is 0.0817. The Morgan fingerprint density at radius 3 is 2.73 bits per heavy atom. The zero-order valence-electron chi connectivity index (χ0n) is 7.00. The Kier molecular flexibility index (Phi) is 6.48. The van der Waals surface area contributed by atoms with Crippen LogP contribution in [0.4, 0.5) is 4.79 Å². The molecule has 0 aromatic heterocycles. The Labute approximate surface area is 67.0 Å². The van der Waals surface area contributed by atoms with E-state index in [0.717, 1.165) is 12.8 Å². The minimum Gasteiger partial charge on any atom is -0.438 e. The second-order valence-electron chi connectivity index (χ2n) is 2.03. The topological polar surface area (TPSA) is 35.5 Å². The van der Waals surface area contributed by atoms with Gasteiger partial charge in [0.2, 0.25) is 0 Å². The Morgan fingerprint density at radius 1 is 1.45 bits per heavy atom. The number of ether oxygens (including phenoxy) is 2. The molecule has 0 saturated heterocycles. The Hall–Kier alpha value is -0.990. The molecule has 0 aromatic rings. The van der Waals surface area contributed by atoms with E-state index in [2.05, 4.69) is 16.4 Å². The summed E-state index contributed by atoms with van der Waals surface area (Å²) in [6, 6.07) is 0. The van der Waals surface area contributed by atoms with Crippen LogP contribution in [-0.2, 0) is 9.47 Å². The minimum absolute atomic E-state index is 0.298. The summed E-state index contributed by atoms with van der Waals surface area (Å²) in [4.78, 5) is 10.4. The molecule has 0 spiro atoms. The van der Waals surface area contributed by atoms with E-state index >= 15 is 0 Å². The number of unbranched alkanes of at least 4 members (excludes halogenated alkanes) is 1. The molecule has 0 unspecified atom stereocenters. The van der Waals surface area contributed by atoms with Crippen molar-refractivity contribution >= 4 is 6.16 Å². The first-order valence-electron chi connectivity index (χ1n) is 3.67. The zero-order chi connectivity index (χ0) is 8.53. The van der Waals surface area contributed by atoms with Gasteiger partial charge in [0.05, 0.1) is 7.11 Å². The number of allylic oxidation sites excluding steroid dienone is 1. The van der Waals surface area contributed by atoms with Gasteiger partial charge in [0.25, 0.3) is 0 Å². The monoisotopic (exact) mass is 158 g/mol. The molecule has 0 aromatic carbocycles. The second-order valence-corrected chi connectivity index (χ2v) is 2.03. The predicted molar refractivity (Wildman–Crippen MR) is 42.4 cm³/mol. The highest BCUT2D eigenvalue weighted by Gasteiger charge is 1.94. The van der Waals surface area contributed by atoms with E-state index in [4.69, 9.17) is 0 Å². The molecule has 0 bridgehead atoms. The van der Waals surface area contributed by atoms with Gasteiger partial charge in [-0.3, -0.25) is 0 Å². The Bertz CT molecular complexity index is 129. The molecular weight excluding hydrogens is 144 g/mol. The van der Waals surface area contributed by atoms with Crippen molar-refractivity contribution in [1.82, 2.24) is 0 Å². The van der Waals surface area contributed by atoms with Crippen LogP contribution in [0.15, 0.2) is 12.2 Å². The number of carbonyl (C=O) groups is 1. The number of hydrogen-bond acceptors (Lipinski definition) is 3. The van der Waals surface area contributed by atoms with Crippen LogP contribution in [0.3, 0.4) is 0 Å². The van der Waals surface area contributed by atoms with E-state index in [-0.39, 0.29) is 0 Å². The fourth-order valence-corrected chi connectivity index (χ4v) is 0.528. The molecule has 0 N–H and O–H groups in total. The van der Waals surface area contributed by atoms with Crippen molar-refractivity contribution in [2.45, 2.75) is 19.8 Å². The number of rotatable bonds is 4. The Morgan fingerprint density at radius 2 is 2.18 bits per heavy atom. The molecule has 64 valence electrons. The van der Waals surface area contributed by atoms with Crippen LogP contribution in [0.2, 0.25) is 0 Å². The summed E-state index contributed by atoms with van der Waals surface area (Å²) < 4.78 is 8.85. The van der Waals surface area contributed by atoms with E-state index in [0.29, 0.717) is 6.61 Å². The normalized spacial score (nSPS) is 10.0. The molecule has 3 nitrogen and oxygen atoms in total. The minimum atomic E-state index is -0.633. The van der Waals surface area contributed by atoms with Gasteiger partial charge in [-0.25, -0.2) is 4.79 Å². The lowest BCUT2D eigenvalue weighted by Crippen LogP contribution is -2.03. The van der Waals surface area contributed by atoms with E-state index < -0.39 is 6.16 Å². The number of methoxy groups -OCH3 is 1. The van der Waals surface area contributed by atoms with Crippen molar-refractivity contribution in [3.05, 3.63) is 12.2 Å². The summed E-state index contributed by atoms with van der Waals surface area (Å²) in [6.07, 6.45) is 5.27. The van der Waals surface area contributed by atoms with Gasteiger partial charge >= 0.3 is 6.16 Å². The molecule has 0 amide bonds. The third-order valence-corrected chi connectivity index (χ3v) is 1.09. The first-order valence-corrected chi connectivity index (χ1v) is 3.67. The average molecular weight is 158 g/mol. The van der Waals surface area contributed by atoms with Crippen molar-refractivity contribution < 1.29 is 14.3 Å². The molecule has 11 heavy (non-hydrogen) atoms. The Balaban J connectivity index is 3.19. The van der Waals surface area contributed by atoms with Crippen molar-refractivity contribution in [3.8, 4) is 0 Å². The van der Waals surface area contributed by atoms with Crippen LogP contribution in [0.25, 0.3) is 0 Å². The summed E-state index contributed by atoms with van der Waals surface area (Å²) >= 11 is 0. The van der Waals surface area contributed by atoms with Crippen LogP contribution in [0, 0.1) is 0 Å². The molecular formula is C8H14O3. The number of hydrogen-bond donors (Lipinski definition) is 0. The van der Waals surface area contributed by atoms with Gasteiger partial charge in [-0.2, -0.15) is 0 Å². The molecule has 0 aliphatic heterocycles. The van der Waals surface area contributed by atoms with E-state index in [1.807, 2.05) is 6.08 Å². The van der Waals surface area contributed by atoms with Gasteiger partial charge in [-0.1, -0.05) is 25.5 Å². The third-order valence-electron chi connectivity index (χ3n) is 1.09. The molecule has 0 aliphatic rings. The highest BCUT2D eigenvalue weighted by atomic mass is 16.7. The third kappa shape index (κ3) is 6.90. The van der Waals surface area contributed by atoms with E-state index in [1.54, 1.807) is 6.08 Å². The smallest absolute Gasteiger partial charge is 0.438 e. The van der Waals surface area contributed by atoms with Crippen LogP contribution in [0.1, 0.15) is 19.8 Å². The standard InChI is InChI=1S/C8H14O3/c1-3-4-5-6-7-11-8(9)10-2/h5-6H,3-4,7H2,1-2H3/b6-5+. The molecule has 0 rings (SSSR count). The summed E-state index contributed by atoms with van der Waals surface area (Å²) in [5.74, 6) is 0. The molecule has 3 heteroatoms. The largest absolute Gasteiger partial charge is 0.508 e. The lowest BCUT2D eigenvalue weighted by Gasteiger charge is -1.96. The van der Waals surface area contributed by atoms with Gasteiger partial charge in [0, 0.05) is 0 Å². The summed E-state index contributed by atoms with van der Waals surface area (Å²) in [6.45, 7) is 2.39. The second kappa shape index (κ2) is 7.12. The fraction of sp³-hybridized carbons (Fsp3) is 0.625.